The highest BCUT2D eigenvalue weighted by Crippen LogP contribution is 2.24. The second-order valence-corrected chi connectivity index (χ2v) is 8.54. The van der Waals surface area contributed by atoms with Crippen LogP contribution in [-0.2, 0) is 19.1 Å². The van der Waals surface area contributed by atoms with E-state index in [9.17, 15) is 23.6 Å². The van der Waals surface area contributed by atoms with Crippen LogP contribution in [0.4, 0.5) is 15.8 Å². The van der Waals surface area contributed by atoms with Gasteiger partial charge in [0, 0.05) is 25.7 Å². The minimum absolute atomic E-state index is 0.0802. The quantitative estimate of drug-likeness (QED) is 0.556. The van der Waals surface area contributed by atoms with E-state index in [-0.39, 0.29) is 37.0 Å². The normalized spacial score (nSPS) is 14.6. The Balaban J connectivity index is 1.66. The molecular formula is C20H20ClFN4O5S. The van der Waals surface area contributed by atoms with E-state index in [1.54, 1.807) is 12.1 Å². The number of amides is 4. The summed E-state index contributed by atoms with van der Waals surface area (Å²) in [5.41, 5.74) is 0.209. The standard InChI is InChI=1S/C20H20ClFN4O5S/c1-11(27)24-14(9-23-20(30)16-4-5-17(21)32-16)19(29)25-12-2-3-15(13(22)8-12)26-6-7-31-10-18(26)28/h2-5,8,14H,6-7,9-10H2,1H3,(H,23,30)(H,24,27)(H,25,29)/t14-/m0/s1. The van der Waals surface area contributed by atoms with Crippen molar-refractivity contribution in [1.82, 2.24) is 10.6 Å². The summed E-state index contributed by atoms with van der Waals surface area (Å²) in [5, 5.41) is 7.51. The number of carbonyl (C=O) groups is 4. The molecule has 1 aromatic heterocycles. The number of hydrogen-bond acceptors (Lipinski definition) is 6. The smallest absolute Gasteiger partial charge is 0.261 e. The molecule has 3 N–H and O–H groups in total. The minimum Gasteiger partial charge on any atom is -0.370 e. The Kier molecular flexibility index (Phi) is 7.78. The third-order valence-corrected chi connectivity index (χ3v) is 5.68. The molecule has 32 heavy (non-hydrogen) atoms. The molecule has 9 nitrogen and oxygen atoms in total. The van der Waals surface area contributed by atoms with Crippen LogP contribution in [0.25, 0.3) is 0 Å². The predicted octanol–water partition coefficient (Wildman–Crippen LogP) is 1.78. The van der Waals surface area contributed by atoms with E-state index >= 15 is 0 Å². The number of nitrogens with one attached hydrogen (secondary N) is 3. The average Bonchev–Trinajstić information content (AvgIpc) is 3.18. The summed E-state index contributed by atoms with van der Waals surface area (Å²) in [6.45, 7) is 1.43. The molecule has 2 aromatic rings. The number of nitrogens with zero attached hydrogens (tertiary/aromatic N) is 1. The number of ether oxygens (including phenoxy) is 1. The van der Waals surface area contributed by atoms with Crippen molar-refractivity contribution in [2.45, 2.75) is 13.0 Å². The van der Waals surface area contributed by atoms with Gasteiger partial charge in [-0.05, 0) is 30.3 Å². The Morgan fingerprint density at radius 2 is 2.06 bits per heavy atom. The Morgan fingerprint density at radius 3 is 2.69 bits per heavy atom. The fourth-order valence-corrected chi connectivity index (χ4v) is 3.94. The Labute approximate surface area is 191 Å². The maximum atomic E-state index is 14.6. The summed E-state index contributed by atoms with van der Waals surface area (Å²) in [5.74, 6) is -2.64. The van der Waals surface area contributed by atoms with Crippen LogP contribution in [0.5, 0.6) is 0 Å². The molecule has 1 saturated heterocycles. The van der Waals surface area contributed by atoms with Crippen molar-refractivity contribution in [3.05, 3.63) is 45.4 Å². The Morgan fingerprint density at radius 1 is 1.28 bits per heavy atom. The van der Waals surface area contributed by atoms with Crippen molar-refractivity contribution >= 4 is 57.9 Å². The van der Waals surface area contributed by atoms with Gasteiger partial charge in [0.25, 0.3) is 11.8 Å². The van der Waals surface area contributed by atoms with Crippen LogP contribution in [0.1, 0.15) is 16.6 Å². The predicted molar refractivity (Wildman–Crippen MR) is 117 cm³/mol. The lowest BCUT2D eigenvalue weighted by Gasteiger charge is -2.27. The van der Waals surface area contributed by atoms with Crippen molar-refractivity contribution in [1.29, 1.82) is 0 Å². The molecule has 0 spiro atoms. The van der Waals surface area contributed by atoms with Gasteiger partial charge in [-0.1, -0.05) is 11.6 Å². The van der Waals surface area contributed by atoms with Crippen molar-refractivity contribution < 1.29 is 28.3 Å². The molecule has 1 fully saturated rings. The molecule has 1 atom stereocenters. The lowest BCUT2D eigenvalue weighted by molar-refractivity contribution is -0.125. The number of hydrogen-bond donors (Lipinski definition) is 3. The van der Waals surface area contributed by atoms with E-state index < -0.39 is 29.6 Å². The van der Waals surface area contributed by atoms with E-state index in [4.69, 9.17) is 16.3 Å². The first-order chi connectivity index (χ1) is 15.2. The van der Waals surface area contributed by atoms with Gasteiger partial charge in [0.2, 0.25) is 11.8 Å². The van der Waals surface area contributed by atoms with Crippen LogP contribution in [-0.4, -0.2) is 56.0 Å². The number of rotatable bonds is 7. The zero-order chi connectivity index (χ0) is 23.3. The van der Waals surface area contributed by atoms with Crippen LogP contribution in [0.15, 0.2) is 30.3 Å². The van der Waals surface area contributed by atoms with Gasteiger partial charge >= 0.3 is 0 Å². The molecule has 0 saturated carbocycles. The van der Waals surface area contributed by atoms with Gasteiger partial charge in [0.05, 0.1) is 21.5 Å². The van der Waals surface area contributed by atoms with Crippen LogP contribution >= 0.6 is 22.9 Å². The maximum absolute atomic E-state index is 14.6. The number of benzene rings is 1. The molecule has 0 unspecified atom stereocenters. The molecule has 0 radical (unpaired) electrons. The van der Waals surface area contributed by atoms with E-state index in [0.717, 1.165) is 17.4 Å². The second-order valence-electron chi connectivity index (χ2n) is 6.82. The minimum atomic E-state index is -1.10. The van der Waals surface area contributed by atoms with Crippen LogP contribution in [0.3, 0.4) is 0 Å². The molecule has 1 aromatic carbocycles. The molecule has 0 bridgehead atoms. The van der Waals surface area contributed by atoms with Crippen molar-refractivity contribution in [3.8, 4) is 0 Å². The monoisotopic (exact) mass is 482 g/mol. The number of morpholine rings is 1. The summed E-state index contributed by atoms with van der Waals surface area (Å²) in [4.78, 5) is 49.9. The van der Waals surface area contributed by atoms with Crippen LogP contribution in [0.2, 0.25) is 4.34 Å². The first-order valence-corrected chi connectivity index (χ1v) is 10.7. The van der Waals surface area contributed by atoms with Crippen LogP contribution < -0.4 is 20.9 Å². The highest BCUT2D eigenvalue weighted by Gasteiger charge is 2.24. The number of carbonyl (C=O) groups excluding carboxylic acids is 4. The van der Waals surface area contributed by atoms with E-state index in [0.29, 0.717) is 15.8 Å². The fourth-order valence-electron chi connectivity index (χ4n) is 2.98. The first-order valence-electron chi connectivity index (χ1n) is 9.53. The highest BCUT2D eigenvalue weighted by atomic mass is 35.5. The van der Waals surface area contributed by atoms with E-state index in [1.807, 2.05) is 0 Å². The summed E-state index contributed by atoms with van der Waals surface area (Å²) in [6.07, 6.45) is 0. The van der Waals surface area contributed by atoms with Gasteiger partial charge in [0.15, 0.2) is 0 Å². The fraction of sp³-hybridized carbons (Fsp3) is 0.300. The summed E-state index contributed by atoms with van der Waals surface area (Å²) < 4.78 is 20.1. The molecule has 170 valence electrons. The number of thiophene rings is 1. The number of halogens is 2. The topological polar surface area (TPSA) is 117 Å². The summed E-state index contributed by atoms with van der Waals surface area (Å²) in [7, 11) is 0. The molecule has 1 aliphatic heterocycles. The third-order valence-electron chi connectivity index (χ3n) is 4.45. The summed E-state index contributed by atoms with van der Waals surface area (Å²) >= 11 is 6.89. The summed E-state index contributed by atoms with van der Waals surface area (Å²) in [6, 6.07) is 5.91. The van der Waals surface area contributed by atoms with Crippen molar-refractivity contribution in [2.24, 2.45) is 0 Å². The largest absolute Gasteiger partial charge is 0.370 e. The highest BCUT2D eigenvalue weighted by molar-refractivity contribution is 7.18. The van der Waals surface area contributed by atoms with Gasteiger partial charge in [-0.15, -0.1) is 11.3 Å². The molecule has 2 heterocycles. The van der Waals surface area contributed by atoms with Gasteiger partial charge in [0.1, 0.15) is 18.5 Å². The molecule has 1 aliphatic rings. The zero-order valence-electron chi connectivity index (χ0n) is 16.9. The molecular weight excluding hydrogens is 463 g/mol. The van der Waals surface area contributed by atoms with Crippen LogP contribution in [0, 0.1) is 5.82 Å². The van der Waals surface area contributed by atoms with Gasteiger partial charge in [-0.2, -0.15) is 0 Å². The van der Waals surface area contributed by atoms with Crippen molar-refractivity contribution in [2.75, 3.05) is 36.5 Å². The van der Waals surface area contributed by atoms with E-state index in [2.05, 4.69) is 16.0 Å². The number of anilines is 2. The van der Waals surface area contributed by atoms with E-state index in [1.165, 1.54) is 24.0 Å². The van der Waals surface area contributed by atoms with Gasteiger partial charge in [-0.25, -0.2) is 4.39 Å². The lowest BCUT2D eigenvalue weighted by atomic mass is 10.2. The molecule has 4 amide bonds. The second kappa shape index (κ2) is 10.5. The Bertz CT molecular complexity index is 1050. The van der Waals surface area contributed by atoms with Gasteiger partial charge in [-0.3, -0.25) is 19.2 Å². The third kappa shape index (κ3) is 6.02. The van der Waals surface area contributed by atoms with Crippen molar-refractivity contribution in [3.63, 3.8) is 0 Å². The SMILES string of the molecule is CC(=O)N[C@@H](CNC(=O)c1ccc(Cl)s1)C(=O)Nc1ccc(N2CCOCC2=O)c(F)c1. The lowest BCUT2D eigenvalue weighted by Crippen LogP contribution is -2.50. The first kappa shape index (κ1) is 23.6. The average molecular weight is 483 g/mol. The Hall–Kier alpha value is -3.02. The van der Waals surface area contributed by atoms with Gasteiger partial charge < -0.3 is 25.6 Å². The molecule has 3 rings (SSSR count). The molecule has 12 heteroatoms. The zero-order valence-corrected chi connectivity index (χ0v) is 18.5. The molecule has 0 aliphatic carbocycles. The maximum Gasteiger partial charge on any atom is 0.261 e.